The zero-order valence-corrected chi connectivity index (χ0v) is 17.8. The summed E-state index contributed by atoms with van der Waals surface area (Å²) in [4.78, 5) is 12.5. The predicted octanol–water partition coefficient (Wildman–Crippen LogP) is 3.53. The van der Waals surface area contributed by atoms with Crippen molar-refractivity contribution in [3.63, 3.8) is 0 Å². The molecule has 1 aromatic heterocycles. The normalized spacial score (nSPS) is 17.3. The summed E-state index contributed by atoms with van der Waals surface area (Å²) in [7, 11) is -3.38. The molecule has 1 fully saturated rings. The Labute approximate surface area is 171 Å². The van der Waals surface area contributed by atoms with Gasteiger partial charge >= 0.3 is 0 Å². The number of hydrogen-bond donors (Lipinski definition) is 1. The van der Waals surface area contributed by atoms with Crippen LogP contribution in [0.25, 0.3) is 0 Å². The minimum absolute atomic E-state index is 0.0765. The van der Waals surface area contributed by atoms with Gasteiger partial charge in [0.05, 0.1) is 0 Å². The number of hydrogen-bond acceptors (Lipinski definition) is 4. The fraction of sp³-hybridized carbons (Fsp3) is 0.476. The van der Waals surface area contributed by atoms with Crippen molar-refractivity contribution in [3.05, 3.63) is 53.4 Å². The predicted molar refractivity (Wildman–Crippen MR) is 113 cm³/mol. The van der Waals surface area contributed by atoms with Crippen molar-refractivity contribution in [2.45, 2.75) is 36.8 Å². The highest BCUT2D eigenvalue weighted by Gasteiger charge is 2.33. The molecule has 0 bridgehead atoms. The zero-order chi connectivity index (χ0) is 20.0. The summed E-state index contributed by atoms with van der Waals surface area (Å²) in [5, 5.41) is 4.83. The van der Waals surface area contributed by atoms with Crippen LogP contribution in [0.2, 0.25) is 0 Å². The van der Waals surface area contributed by atoms with Gasteiger partial charge in [-0.15, -0.1) is 11.3 Å². The van der Waals surface area contributed by atoms with E-state index in [0.29, 0.717) is 23.8 Å². The van der Waals surface area contributed by atoms with Crippen molar-refractivity contribution in [1.29, 1.82) is 0 Å². The fourth-order valence-electron chi connectivity index (χ4n) is 3.68. The Morgan fingerprint density at radius 3 is 2.54 bits per heavy atom. The van der Waals surface area contributed by atoms with Crippen molar-refractivity contribution in [3.8, 4) is 0 Å². The first-order valence-electron chi connectivity index (χ1n) is 9.84. The van der Waals surface area contributed by atoms with Crippen molar-refractivity contribution >= 4 is 27.3 Å². The molecule has 0 aliphatic carbocycles. The molecule has 28 heavy (non-hydrogen) atoms. The lowest BCUT2D eigenvalue weighted by Crippen LogP contribution is -2.42. The first kappa shape index (κ1) is 21.0. The maximum Gasteiger partial charge on any atom is 0.252 e. The van der Waals surface area contributed by atoms with Gasteiger partial charge in [0, 0.05) is 25.6 Å². The van der Waals surface area contributed by atoms with Crippen molar-refractivity contribution in [2.24, 2.45) is 11.8 Å². The van der Waals surface area contributed by atoms with E-state index in [-0.39, 0.29) is 17.7 Å². The average Bonchev–Trinajstić information content (AvgIpc) is 3.27. The summed E-state index contributed by atoms with van der Waals surface area (Å²) in [6.45, 7) is 3.59. The van der Waals surface area contributed by atoms with Crippen molar-refractivity contribution in [1.82, 2.24) is 9.62 Å². The molecule has 7 heteroatoms. The Morgan fingerprint density at radius 2 is 1.89 bits per heavy atom. The maximum absolute atomic E-state index is 12.6. The first-order valence-corrected chi connectivity index (χ1v) is 12.2. The number of thiophene rings is 1. The molecule has 2 heterocycles. The molecule has 1 N–H and O–H groups in total. The monoisotopic (exact) mass is 420 g/mol. The molecule has 5 nitrogen and oxygen atoms in total. The van der Waals surface area contributed by atoms with Gasteiger partial charge in [0.15, 0.2) is 0 Å². The van der Waals surface area contributed by atoms with Gasteiger partial charge < -0.3 is 5.32 Å². The van der Waals surface area contributed by atoms with Crippen LogP contribution in [0.4, 0.5) is 0 Å². The van der Waals surface area contributed by atoms with Crippen LogP contribution in [-0.2, 0) is 21.2 Å². The number of nitrogens with zero attached hydrogens (tertiary/aromatic N) is 1. The van der Waals surface area contributed by atoms with Gasteiger partial charge in [-0.1, -0.05) is 43.3 Å². The molecule has 1 aliphatic rings. The average molecular weight is 421 g/mol. The largest absolute Gasteiger partial charge is 0.356 e. The van der Waals surface area contributed by atoms with E-state index in [1.54, 1.807) is 21.8 Å². The van der Waals surface area contributed by atoms with Gasteiger partial charge in [0.1, 0.15) is 4.21 Å². The van der Waals surface area contributed by atoms with E-state index in [2.05, 4.69) is 17.4 Å². The number of rotatable bonds is 8. The van der Waals surface area contributed by atoms with E-state index in [4.69, 9.17) is 0 Å². The number of nitrogens with one attached hydrogen (secondary N) is 1. The van der Waals surface area contributed by atoms with Crippen LogP contribution < -0.4 is 5.32 Å². The summed E-state index contributed by atoms with van der Waals surface area (Å²) >= 11 is 1.25. The number of benzene rings is 1. The maximum atomic E-state index is 12.6. The molecule has 1 aromatic carbocycles. The number of piperidine rings is 1. The molecule has 3 rings (SSSR count). The molecular weight excluding hydrogens is 392 g/mol. The minimum Gasteiger partial charge on any atom is -0.356 e. The number of amides is 1. The topological polar surface area (TPSA) is 66.5 Å². The summed E-state index contributed by atoms with van der Waals surface area (Å²) < 4.78 is 27.2. The van der Waals surface area contributed by atoms with Gasteiger partial charge in [-0.05, 0) is 48.6 Å². The number of carbonyl (C=O) groups is 1. The Morgan fingerprint density at radius 1 is 1.18 bits per heavy atom. The van der Waals surface area contributed by atoms with Gasteiger partial charge in [-0.2, -0.15) is 4.31 Å². The lowest BCUT2D eigenvalue weighted by atomic mass is 9.85. The summed E-state index contributed by atoms with van der Waals surface area (Å²) in [6, 6.07) is 13.7. The molecule has 152 valence electrons. The second-order valence-corrected chi connectivity index (χ2v) is 10.5. The van der Waals surface area contributed by atoms with Gasteiger partial charge in [0.25, 0.3) is 10.0 Å². The molecule has 1 unspecified atom stereocenters. The van der Waals surface area contributed by atoms with E-state index < -0.39 is 10.0 Å². The second kappa shape index (κ2) is 9.67. The van der Waals surface area contributed by atoms with Crippen molar-refractivity contribution in [2.75, 3.05) is 19.6 Å². The smallest absolute Gasteiger partial charge is 0.252 e. The Kier molecular flexibility index (Phi) is 7.26. The quantitative estimate of drug-likeness (QED) is 0.665. The molecule has 1 saturated heterocycles. The Bertz CT molecular complexity index is 843. The number of aryl methyl sites for hydroxylation is 1. The number of carbonyl (C=O) groups excluding carboxylic acids is 1. The third-order valence-corrected chi connectivity index (χ3v) is 8.76. The minimum atomic E-state index is -3.38. The molecule has 1 atom stereocenters. The lowest BCUT2D eigenvalue weighted by Gasteiger charge is -2.33. The van der Waals surface area contributed by atoms with Crippen LogP contribution in [-0.4, -0.2) is 38.3 Å². The third kappa shape index (κ3) is 5.21. The highest BCUT2D eigenvalue weighted by atomic mass is 32.2. The van der Waals surface area contributed by atoms with E-state index in [9.17, 15) is 13.2 Å². The molecule has 0 radical (unpaired) electrons. The standard InChI is InChI=1S/C21H28N2O3S2/c1-17(21(24)22-13-5-9-18-7-3-2-4-8-18)19-11-14-23(15-12-19)28(25,26)20-10-6-16-27-20/h2-4,6-8,10,16-17,19H,5,9,11-15H2,1H3,(H,22,24). The van der Waals surface area contributed by atoms with Gasteiger partial charge in [-0.3, -0.25) is 4.79 Å². The summed E-state index contributed by atoms with van der Waals surface area (Å²) in [6.07, 6.45) is 3.32. The lowest BCUT2D eigenvalue weighted by molar-refractivity contribution is -0.126. The highest BCUT2D eigenvalue weighted by molar-refractivity contribution is 7.91. The zero-order valence-electron chi connectivity index (χ0n) is 16.2. The first-order chi connectivity index (χ1) is 13.5. The number of sulfonamides is 1. The van der Waals surface area contributed by atoms with Crippen LogP contribution >= 0.6 is 11.3 Å². The Balaban J connectivity index is 1.41. The van der Waals surface area contributed by atoms with Crippen LogP contribution in [0, 0.1) is 11.8 Å². The van der Waals surface area contributed by atoms with Crippen LogP contribution in [0.1, 0.15) is 31.7 Å². The fourth-order valence-corrected chi connectivity index (χ4v) is 6.29. The van der Waals surface area contributed by atoms with Crippen LogP contribution in [0.15, 0.2) is 52.1 Å². The molecule has 0 spiro atoms. The van der Waals surface area contributed by atoms with Crippen LogP contribution in [0.3, 0.4) is 0 Å². The van der Waals surface area contributed by atoms with Crippen molar-refractivity contribution < 1.29 is 13.2 Å². The van der Waals surface area contributed by atoms with Gasteiger partial charge in [-0.25, -0.2) is 8.42 Å². The van der Waals surface area contributed by atoms with Gasteiger partial charge in [0.2, 0.25) is 5.91 Å². The third-order valence-electron chi connectivity index (χ3n) is 5.49. The SMILES string of the molecule is CC(C(=O)NCCCc1ccccc1)C1CCN(S(=O)(=O)c2cccs2)CC1. The molecule has 1 amide bonds. The Hall–Kier alpha value is -1.70. The molecule has 2 aromatic rings. The van der Waals surface area contributed by atoms with E-state index in [1.165, 1.54) is 16.9 Å². The second-order valence-electron chi connectivity index (χ2n) is 7.34. The highest BCUT2D eigenvalue weighted by Crippen LogP contribution is 2.29. The van der Waals surface area contributed by atoms with E-state index in [1.807, 2.05) is 25.1 Å². The van der Waals surface area contributed by atoms with E-state index in [0.717, 1.165) is 25.7 Å². The summed E-state index contributed by atoms with van der Waals surface area (Å²) in [5.74, 6) is 0.208. The molecule has 0 saturated carbocycles. The van der Waals surface area contributed by atoms with E-state index >= 15 is 0 Å². The molecular formula is C21H28N2O3S2. The molecule has 1 aliphatic heterocycles. The van der Waals surface area contributed by atoms with Crippen LogP contribution in [0.5, 0.6) is 0 Å². The summed E-state index contributed by atoms with van der Waals surface area (Å²) in [5.41, 5.74) is 1.28.